The summed E-state index contributed by atoms with van der Waals surface area (Å²) in [5, 5.41) is 0.643. The molecule has 0 N–H and O–H groups in total. The van der Waals surface area contributed by atoms with Gasteiger partial charge in [-0.1, -0.05) is 41.0 Å². The molecule has 0 fully saturated rings. The van der Waals surface area contributed by atoms with Gasteiger partial charge in [0.1, 0.15) is 6.61 Å². The number of aryl methyl sites for hydroxylation is 1. The monoisotopic (exact) mass is 398 g/mol. The van der Waals surface area contributed by atoms with Crippen LogP contribution in [0.5, 0.6) is 11.5 Å². The Morgan fingerprint density at radius 1 is 1.37 bits per heavy atom. The smallest absolute Gasteiger partial charge is 0.292 e. The van der Waals surface area contributed by atoms with Gasteiger partial charge in [-0.2, -0.15) is 4.99 Å². The Hall–Kier alpha value is -2.75. The summed E-state index contributed by atoms with van der Waals surface area (Å²) in [6.45, 7) is 2.33. The lowest BCUT2D eigenvalue weighted by molar-refractivity contribution is -0.127. The zero-order valence-electron chi connectivity index (χ0n) is 14.4. The normalized spacial score (nSPS) is 16.3. The van der Waals surface area contributed by atoms with Gasteiger partial charge in [0.15, 0.2) is 16.3 Å². The quantitative estimate of drug-likeness (QED) is 0.620. The molecule has 1 unspecified atom stereocenters. The topological polar surface area (TPSA) is 52.8 Å². The Bertz CT molecular complexity index is 1160. The van der Waals surface area contributed by atoms with Crippen LogP contribution in [0.2, 0.25) is 5.02 Å². The molecule has 0 spiro atoms. The second-order valence-corrected chi connectivity index (χ2v) is 7.42. The molecule has 0 saturated carbocycles. The minimum absolute atomic E-state index is 0.115. The van der Waals surface area contributed by atoms with Crippen LogP contribution >= 0.6 is 22.9 Å². The zero-order chi connectivity index (χ0) is 19.0. The first-order chi connectivity index (χ1) is 13.1. The molecule has 7 heteroatoms. The Morgan fingerprint density at radius 3 is 2.93 bits per heavy atom. The molecule has 1 aromatic heterocycles. The fraction of sp³-hybridized carbons (Fsp3) is 0.200. The zero-order valence-corrected chi connectivity index (χ0v) is 16.0. The molecule has 1 aliphatic heterocycles. The number of hydrogen-bond acceptors (Lipinski definition) is 4. The number of benzene rings is 2. The average molecular weight is 399 g/mol. The number of para-hydroxylation sites is 2. The molecule has 4 rings (SSSR count). The maximum absolute atomic E-state index is 12.7. The maximum Gasteiger partial charge on any atom is 0.292 e. The van der Waals surface area contributed by atoms with E-state index in [1.807, 2.05) is 35.8 Å². The van der Waals surface area contributed by atoms with Crippen LogP contribution in [-0.4, -0.2) is 23.2 Å². The largest absolute Gasteiger partial charge is 0.485 e. The van der Waals surface area contributed by atoms with Gasteiger partial charge in [-0.15, -0.1) is 6.42 Å². The van der Waals surface area contributed by atoms with E-state index < -0.39 is 12.0 Å². The van der Waals surface area contributed by atoms with E-state index in [1.165, 1.54) is 11.3 Å². The van der Waals surface area contributed by atoms with Gasteiger partial charge in [-0.25, -0.2) is 0 Å². The summed E-state index contributed by atoms with van der Waals surface area (Å²) in [5.41, 5.74) is 1.80. The van der Waals surface area contributed by atoms with Crippen molar-refractivity contribution in [3.05, 3.63) is 51.8 Å². The average Bonchev–Trinajstić information content (AvgIpc) is 3.02. The van der Waals surface area contributed by atoms with Gasteiger partial charge in [-0.3, -0.25) is 4.79 Å². The van der Waals surface area contributed by atoms with Gasteiger partial charge >= 0.3 is 0 Å². The number of rotatable bonds is 2. The van der Waals surface area contributed by atoms with E-state index >= 15 is 0 Å². The number of terminal acetylenes is 1. The lowest BCUT2D eigenvalue weighted by Crippen LogP contribution is -2.36. The first kappa shape index (κ1) is 17.7. The van der Waals surface area contributed by atoms with Crippen molar-refractivity contribution in [2.45, 2.75) is 19.6 Å². The van der Waals surface area contributed by atoms with Crippen LogP contribution in [0.1, 0.15) is 5.56 Å². The van der Waals surface area contributed by atoms with Crippen LogP contribution in [0, 0.1) is 19.3 Å². The van der Waals surface area contributed by atoms with Crippen LogP contribution in [-0.2, 0) is 11.3 Å². The first-order valence-electron chi connectivity index (χ1n) is 8.27. The van der Waals surface area contributed by atoms with Crippen molar-refractivity contribution < 1.29 is 14.3 Å². The van der Waals surface area contributed by atoms with Crippen LogP contribution in [0.3, 0.4) is 0 Å². The van der Waals surface area contributed by atoms with Crippen LogP contribution in [0.15, 0.2) is 41.4 Å². The van der Waals surface area contributed by atoms with Crippen molar-refractivity contribution >= 4 is 39.1 Å². The van der Waals surface area contributed by atoms with Crippen molar-refractivity contribution in [3.63, 3.8) is 0 Å². The standard InChI is InChI=1S/C20H15ClN2O3S/c1-3-10-23-18-12(2)13(21)8-9-17(18)27-20(23)22-19(24)16-11-25-14-6-4-5-7-15(14)26-16/h1,4-9,16H,10-11H2,2H3. The molecule has 1 atom stereocenters. The number of hydrogen-bond donors (Lipinski definition) is 0. The van der Waals surface area contributed by atoms with E-state index in [0.29, 0.717) is 21.3 Å². The lowest BCUT2D eigenvalue weighted by Gasteiger charge is -2.23. The van der Waals surface area contributed by atoms with Crippen molar-refractivity contribution in [2.24, 2.45) is 4.99 Å². The highest BCUT2D eigenvalue weighted by Crippen LogP contribution is 2.31. The number of amides is 1. The Kier molecular flexibility index (Phi) is 4.65. The number of thiazole rings is 1. The van der Waals surface area contributed by atoms with Gasteiger partial charge in [0, 0.05) is 5.02 Å². The predicted molar refractivity (Wildman–Crippen MR) is 105 cm³/mol. The Morgan fingerprint density at radius 2 is 2.15 bits per heavy atom. The fourth-order valence-corrected chi connectivity index (χ4v) is 4.19. The minimum Gasteiger partial charge on any atom is -0.485 e. The summed E-state index contributed by atoms with van der Waals surface area (Å²) in [6.07, 6.45) is 4.73. The molecule has 5 nitrogen and oxygen atoms in total. The number of carbonyl (C=O) groups is 1. The molecule has 1 amide bonds. The van der Waals surface area contributed by atoms with E-state index in [4.69, 9.17) is 27.5 Å². The minimum atomic E-state index is -0.797. The van der Waals surface area contributed by atoms with Gasteiger partial charge in [0.05, 0.1) is 16.8 Å². The molecule has 2 heterocycles. The van der Waals surface area contributed by atoms with E-state index in [1.54, 1.807) is 12.1 Å². The van der Waals surface area contributed by atoms with Gasteiger partial charge in [0.25, 0.3) is 5.91 Å². The molecular weight excluding hydrogens is 384 g/mol. The molecule has 136 valence electrons. The second-order valence-electron chi connectivity index (χ2n) is 6.01. The van der Waals surface area contributed by atoms with Crippen LogP contribution in [0.4, 0.5) is 0 Å². The molecule has 0 radical (unpaired) electrons. The number of aromatic nitrogens is 1. The molecule has 27 heavy (non-hydrogen) atoms. The SMILES string of the molecule is C#CCn1c(=NC(=O)C2COc3ccccc3O2)sc2ccc(Cl)c(C)c21. The van der Waals surface area contributed by atoms with Gasteiger partial charge in [0.2, 0.25) is 6.10 Å². The number of halogens is 1. The highest BCUT2D eigenvalue weighted by Gasteiger charge is 2.27. The fourth-order valence-electron chi connectivity index (χ4n) is 2.95. The molecule has 2 aromatic carbocycles. The lowest BCUT2D eigenvalue weighted by atomic mass is 10.2. The summed E-state index contributed by atoms with van der Waals surface area (Å²) in [4.78, 5) is 17.5. The Labute approximate surface area is 164 Å². The summed E-state index contributed by atoms with van der Waals surface area (Å²) in [6, 6.07) is 11.0. The van der Waals surface area contributed by atoms with Crippen LogP contribution < -0.4 is 14.3 Å². The Balaban J connectivity index is 1.75. The highest BCUT2D eigenvalue weighted by molar-refractivity contribution is 7.16. The number of fused-ring (bicyclic) bond motifs is 2. The van der Waals surface area contributed by atoms with E-state index in [9.17, 15) is 4.79 Å². The molecule has 0 saturated heterocycles. The predicted octanol–water partition coefficient (Wildman–Crippen LogP) is 3.57. The molecule has 0 bridgehead atoms. The third-order valence-corrected chi connectivity index (χ3v) is 5.72. The van der Waals surface area contributed by atoms with Crippen molar-refractivity contribution in [1.82, 2.24) is 4.57 Å². The van der Waals surface area contributed by atoms with E-state index in [2.05, 4.69) is 10.9 Å². The van der Waals surface area contributed by atoms with Crippen LogP contribution in [0.25, 0.3) is 10.2 Å². The summed E-state index contributed by atoms with van der Waals surface area (Å²) >= 11 is 7.64. The summed E-state index contributed by atoms with van der Waals surface area (Å²) < 4.78 is 14.1. The third kappa shape index (κ3) is 3.20. The highest BCUT2D eigenvalue weighted by atomic mass is 35.5. The van der Waals surface area contributed by atoms with Gasteiger partial charge in [-0.05, 0) is 36.8 Å². The molecule has 0 aliphatic carbocycles. The van der Waals surface area contributed by atoms with Gasteiger partial charge < -0.3 is 14.0 Å². The number of carbonyl (C=O) groups excluding carboxylic acids is 1. The summed E-state index contributed by atoms with van der Waals surface area (Å²) in [5.74, 6) is 3.36. The molecule has 1 aliphatic rings. The third-order valence-electron chi connectivity index (χ3n) is 4.27. The van der Waals surface area contributed by atoms with E-state index in [0.717, 1.165) is 15.8 Å². The molecule has 3 aromatic rings. The van der Waals surface area contributed by atoms with Crippen molar-refractivity contribution in [3.8, 4) is 23.8 Å². The van der Waals surface area contributed by atoms with E-state index in [-0.39, 0.29) is 13.2 Å². The maximum atomic E-state index is 12.7. The number of nitrogens with zero attached hydrogens (tertiary/aromatic N) is 2. The summed E-state index contributed by atoms with van der Waals surface area (Å²) in [7, 11) is 0. The first-order valence-corrected chi connectivity index (χ1v) is 9.47. The van der Waals surface area contributed by atoms with Crippen molar-refractivity contribution in [2.75, 3.05) is 6.61 Å². The molecular formula is C20H15ClN2O3S. The second kappa shape index (κ2) is 7.10. The number of ether oxygens (including phenoxy) is 2. The van der Waals surface area contributed by atoms with Crippen molar-refractivity contribution in [1.29, 1.82) is 0 Å².